The van der Waals surface area contributed by atoms with Gasteiger partial charge >= 0.3 is 39.5 Å². The van der Waals surface area contributed by atoms with Crippen molar-refractivity contribution in [3.8, 4) is 0 Å². The second-order valence-electron chi connectivity index (χ2n) is 22.1. The third-order valence-corrected chi connectivity index (χ3v) is 16.0. The zero-order valence-corrected chi connectivity index (χ0v) is 52.8. The van der Waals surface area contributed by atoms with Crippen LogP contribution in [0.5, 0.6) is 0 Å². The summed E-state index contributed by atoms with van der Waals surface area (Å²) in [5.41, 5.74) is 0. The van der Waals surface area contributed by atoms with E-state index >= 15 is 0 Å². The Balaban J connectivity index is 5.13. The summed E-state index contributed by atoms with van der Waals surface area (Å²) in [7, 11) is -9.87. The minimum absolute atomic E-state index is 0.104. The number of ether oxygens (including phenoxy) is 4. The zero-order chi connectivity index (χ0) is 59.1. The van der Waals surface area contributed by atoms with Crippen LogP contribution < -0.4 is 0 Å². The van der Waals surface area contributed by atoms with Crippen molar-refractivity contribution < 1.29 is 80.2 Å². The Morgan fingerprint density at radius 3 is 0.738 bits per heavy atom. The van der Waals surface area contributed by atoms with E-state index in [1.807, 2.05) is 0 Å². The van der Waals surface area contributed by atoms with Gasteiger partial charge in [-0.05, 0) is 25.7 Å². The lowest BCUT2D eigenvalue weighted by molar-refractivity contribution is -0.161. The fourth-order valence-corrected chi connectivity index (χ4v) is 10.7. The quantitative estimate of drug-likeness (QED) is 0.0222. The summed E-state index contributed by atoms with van der Waals surface area (Å²) >= 11 is 0. The Kier molecular flexibility index (Phi) is 54.8. The molecule has 0 amide bonds. The highest BCUT2D eigenvalue weighted by Gasteiger charge is 2.30. The zero-order valence-electron chi connectivity index (χ0n) is 51.0. The molecule has 0 aliphatic rings. The predicted molar refractivity (Wildman–Crippen MR) is 317 cm³/mol. The van der Waals surface area contributed by atoms with Crippen LogP contribution in [0.15, 0.2) is 0 Å². The summed E-state index contributed by atoms with van der Waals surface area (Å²) in [6, 6.07) is 0. The van der Waals surface area contributed by atoms with Gasteiger partial charge in [0.05, 0.1) is 26.4 Å². The number of unbranched alkanes of at least 4 members (excludes halogenated alkanes) is 36. The predicted octanol–water partition coefficient (Wildman–Crippen LogP) is 16.8. The number of phosphoric ester groups is 2. The molecule has 0 radical (unpaired) electrons. The van der Waals surface area contributed by atoms with E-state index in [9.17, 15) is 43.2 Å². The van der Waals surface area contributed by atoms with Gasteiger partial charge in [0.1, 0.15) is 19.3 Å². The molecule has 5 atom stereocenters. The van der Waals surface area contributed by atoms with Crippen molar-refractivity contribution in [1.29, 1.82) is 0 Å². The molecule has 0 aromatic carbocycles. The van der Waals surface area contributed by atoms with Crippen LogP contribution >= 0.6 is 15.6 Å². The number of phosphoric acid groups is 2. The Morgan fingerprint density at radius 2 is 0.500 bits per heavy atom. The van der Waals surface area contributed by atoms with Crippen molar-refractivity contribution in [2.45, 2.75) is 329 Å². The average Bonchev–Trinajstić information content (AvgIpc) is 3.43. The van der Waals surface area contributed by atoms with Gasteiger partial charge in [-0.3, -0.25) is 37.3 Å². The van der Waals surface area contributed by atoms with Gasteiger partial charge in [-0.2, -0.15) is 0 Å². The highest BCUT2D eigenvalue weighted by Crippen LogP contribution is 2.45. The molecule has 0 spiro atoms. The first kappa shape index (κ1) is 78.1. The van der Waals surface area contributed by atoms with Crippen LogP contribution in [0.1, 0.15) is 310 Å². The second-order valence-corrected chi connectivity index (χ2v) is 25.0. The molecule has 17 nitrogen and oxygen atoms in total. The summed E-state index contributed by atoms with van der Waals surface area (Å²) in [6.07, 6.45) is 40.6. The lowest BCUT2D eigenvalue weighted by Crippen LogP contribution is -2.30. The molecular weight excluding hydrogens is 1070 g/mol. The van der Waals surface area contributed by atoms with Crippen LogP contribution in [0, 0.1) is 0 Å². The summed E-state index contributed by atoms with van der Waals surface area (Å²) in [4.78, 5) is 71.8. The van der Waals surface area contributed by atoms with Crippen LogP contribution in [0.25, 0.3) is 0 Å². The molecule has 0 aliphatic carbocycles. The summed E-state index contributed by atoms with van der Waals surface area (Å²) in [5, 5.41) is 10.5. The summed E-state index contributed by atoms with van der Waals surface area (Å²) in [6.45, 7) is 4.78. The Morgan fingerprint density at radius 1 is 0.300 bits per heavy atom. The van der Waals surface area contributed by atoms with Crippen LogP contribution in [-0.4, -0.2) is 96.7 Å². The average molecular weight is 1190 g/mol. The molecule has 0 saturated carbocycles. The maximum absolute atomic E-state index is 12.9. The van der Waals surface area contributed by atoms with Crippen molar-refractivity contribution in [2.24, 2.45) is 0 Å². The minimum Gasteiger partial charge on any atom is -0.462 e. The molecule has 0 saturated heterocycles. The normalized spacial score (nSPS) is 14.2. The molecule has 3 N–H and O–H groups in total. The number of esters is 4. The number of aliphatic hydroxyl groups is 1. The molecule has 0 heterocycles. The molecule has 0 aromatic rings. The fourth-order valence-electron chi connectivity index (χ4n) is 9.10. The third-order valence-electron chi connectivity index (χ3n) is 14.1. The van der Waals surface area contributed by atoms with Gasteiger partial charge in [0.25, 0.3) is 0 Å². The van der Waals surface area contributed by atoms with Gasteiger partial charge in [-0.15, -0.1) is 0 Å². The van der Waals surface area contributed by atoms with Gasteiger partial charge in [0.15, 0.2) is 12.2 Å². The van der Waals surface area contributed by atoms with Crippen molar-refractivity contribution >= 4 is 39.5 Å². The topological polar surface area (TPSA) is 237 Å². The first-order valence-corrected chi connectivity index (χ1v) is 35.3. The van der Waals surface area contributed by atoms with Crippen molar-refractivity contribution in [2.75, 3.05) is 39.6 Å². The van der Waals surface area contributed by atoms with Crippen molar-refractivity contribution in [3.63, 3.8) is 0 Å². The highest BCUT2D eigenvalue weighted by molar-refractivity contribution is 7.47. The van der Waals surface area contributed by atoms with E-state index in [1.54, 1.807) is 0 Å². The molecule has 0 aliphatic heterocycles. The number of aliphatic hydroxyl groups excluding tert-OH is 1. The number of hydrogen-bond donors (Lipinski definition) is 3. The molecule has 80 heavy (non-hydrogen) atoms. The van der Waals surface area contributed by atoms with E-state index in [0.29, 0.717) is 25.7 Å². The van der Waals surface area contributed by atoms with Crippen LogP contribution in [0.3, 0.4) is 0 Å². The molecule has 0 bridgehead atoms. The smallest absolute Gasteiger partial charge is 0.462 e. The third kappa shape index (κ3) is 55.3. The lowest BCUT2D eigenvalue weighted by Gasteiger charge is -2.21. The first-order valence-electron chi connectivity index (χ1n) is 32.3. The van der Waals surface area contributed by atoms with Crippen LogP contribution in [0.4, 0.5) is 0 Å². The maximum Gasteiger partial charge on any atom is 0.472 e. The Hall–Kier alpha value is -1.94. The number of carbonyl (C=O) groups is 4. The molecule has 0 aromatic heterocycles. The molecule has 19 heteroatoms. The first-order chi connectivity index (χ1) is 38.7. The van der Waals surface area contributed by atoms with Gasteiger partial charge in [0.2, 0.25) is 0 Å². The fraction of sp³-hybridized carbons (Fsp3) is 0.934. The van der Waals surface area contributed by atoms with E-state index in [0.717, 1.165) is 116 Å². The van der Waals surface area contributed by atoms with Gasteiger partial charge < -0.3 is 33.8 Å². The molecular formula is C61H118O17P2. The largest absolute Gasteiger partial charge is 0.472 e. The van der Waals surface area contributed by atoms with E-state index in [-0.39, 0.29) is 25.7 Å². The van der Waals surface area contributed by atoms with E-state index in [4.69, 9.17) is 37.0 Å². The van der Waals surface area contributed by atoms with Crippen molar-refractivity contribution in [1.82, 2.24) is 0 Å². The van der Waals surface area contributed by atoms with E-state index in [2.05, 4.69) is 27.7 Å². The van der Waals surface area contributed by atoms with Crippen LogP contribution in [0.2, 0.25) is 0 Å². The van der Waals surface area contributed by atoms with Crippen LogP contribution in [-0.2, 0) is 65.4 Å². The van der Waals surface area contributed by atoms with Crippen molar-refractivity contribution in [3.05, 3.63) is 0 Å². The Labute approximate surface area is 486 Å². The Bertz CT molecular complexity index is 1550. The second kappa shape index (κ2) is 56.2. The molecule has 0 fully saturated rings. The van der Waals surface area contributed by atoms with Gasteiger partial charge in [-0.1, -0.05) is 259 Å². The lowest BCUT2D eigenvalue weighted by atomic mass is 10.0. The maximum atomic E-state index is 12.9. The molecule has 2 unspecified atom stereocenters. The minimum atomic E-state index is -4.94. The SMILES string of the molecule is CCCCCCCCCCCCCCCCCCCC(=O)O[C@H](COC(=O)CCCCCCCCCCC)COP(=O)(O)OC[C@@H](O)COP(=O)(O)OC[C@@H](COC(=O)CCCCCCCCC)OC(=O)CCCCCCCCC. The van der Waals surface area contributed by atoms with E-state index < -0.39 is 97.5 Å². The standard InChI is InChI=1S/C61H118O17P2/c1-5-9-13-17-21-23-24-25-26-27-28-29-30-32-36-40-44-48-61(66)78-57(52-72-59(64)46-42-38-35-31-22-18-14-10-6-2)54-76-80(69,70)74-50-55(62)49-73-79(67,68)75-53-56(77-60(65)47-43-39-34-20-16-12-8-4)51-71-58(63)45-41-37-33-19-15-11-7-3/h55-57,62H,5-54H2,1-4H3,(H,67,68)(H,69,70)/t55-,56+,57+/m0/s1. The van der Waals surface area contributed by atoms with Gasteiger partial charge in [-0.25, -0.2) is 9.13 Å². The molecule has 0 rings (SSSR count). The van der Waals surface area contributed by atoms with Gasteiger partial charge in [0, 0.05) is 25.7 Å². The molecule has 474 valence electrons. The summed E-state index contributed by atoms with van der Waals surface area (Å²) < 4.78 is 67.6. The highest BCUT2D eigenvalue weighted by atomic mass is 31.2. The van der Waals surface area contributed by atoms with E-state index in [1.165, 1.54) is 116 Å². The summed E-state index contributed by atoms with van der Waals surface area (Å²) in [5.74, 6) is -2.15. The number of hydrogen-bond acceptors (Lipinski definition) is 15. The number of carbonyl (C=O) groups excluding carboxylic acids is 4. The number of rotatable bonds is 62. The monoisotopic (exact) mass is 1180 g/mol.